The third-order valence-corrected chi connectivity index (χ3v) is 7.69. The molecule has 0 radical (unpaired) electrons. The van der Waals surface area contributed by atoms with E-state index >= 15 is 0 Å². The summed E-state index contributed by atoms with van der Waals surface area (Å²) in [5.74, 6) is 0.664. The normalized spacial score (nSPS) is 15.5. The number of benzene rings is 1. The van der Waals surface area contributed by atoms with Crippen LogP contribution >= 0.6 is 34.7 Å². The molecule has 1 aliphatic rings. The summed E-state index contributed by atoms with van der Waals surface area (Å²) in [5.41, 5.74) is 7.94. The maximum atomic E-state index is 12.6. The van der Waals surface area contributed by atoms with Gasteiger partial charge in [0.1, 0.15) is 5.00 Å². The van der Waals surface area contributed by atoms with Crippen LogP contribution in [0.2, 0.25) is 5.02 Å². The molecule has 0 saturated carbocycles. The fourth-order valence-electron chi connectivity index (χ4n) is 3.71. The smallest absolute Gasteiger partial charge is 0.251 e. The Kier molecular flexibility index (Phi) is 6.36. The van der Waals surface area contributed by atoms with Crippen molar-refractivity contribution in [1.29, 1.82) is 0 Å². The number of thiophene rings is 1. The van der Waals surface area contributed by atoms with Crippen molar-refractivity contribution in [3.05, 3.63) is 45.3 Å². The highest BCUT2D eigenvalue weighted by molar-refractivity contribution is 7.99. The van der Waals surface area contributed by atoms with E-state index < -0.39 is 5.91 Å². The van der Waals surface area contributed by atoms with Crippen LogP contribution in [0.5, 0.6) is 0 Å². The van der Waals surface area contributed by atoms with E-state index in [0.29, 0.717) is 32.5 Å². The van der Waals surface area contributed by atoms with Gasteiger partial charge in [-0.25, -0.2) is 0 Å². The molecule has 1 unspecified atom stereocenters. The standard InChI is InChI=1S/C21H22ClN5O2S2/c1-11-6-7-14-15(8-11)31-20(17(14)18(23)29)24-16(28)10-30-21-26-25-19(27(21)2)12-4-3-5-13(22)9-12/h3-5,9,11H,6-8,10H2,1-2H3,(H2,23,29)(H,24,28). The molecule has 2 heterocycles. The summed E-state index contributed by atoms with van der Waals surface area (Å²) in [6.07, 6.45) is 2.76. The minimum Gasteiger partial charge on any atom is -0.365 e. The van der Waals surface area contributed by atoms with E-state index in [0.717, 1.165) is 35.3 Å². The van der Waals surface area contributed by atoms with Gasteiger partial charge in [-0.2, -0.15) is 0 Å². The van der Waals surface area contributed by atoms with Crippen molar-refractivity contribution in [1.82, 2.24) is 14.8 Å². The van der Waals surface area contributed by atoms with Gasteiger partial charge in [0.25, 0.3) is 5.91 Å². The Bertz CT molecular complexity index is 1160. The molecular weight excluding hydrogens is 454 g/mol. The minimum atomic E-state index is -0.491. The van der Waals surface area contributed by atoms with Crippen LogP contribution in [0.15, 0.2) is 29.4 Å². The fourth-order valence-corrected chi connectivity index (χ4v) is 6.05. The predicted molar refractivity (Wildman–Crippen MR) is 125 cm³/mol. The molecule has 0 spiro atoms. The number of aromatic nitrogens is 3. The predicted octanol–water partition coefficient (Wildman–Crippen LogP) is 4.15. The van der Waals surface area contributed by atoms with E-state index in [2.05, 4.69) is 22.4 Å². The molecule has 3 aromatic rings. The Labute approximate surface area is 193 Å². The number of rotatable bonds is 6. The summed E-state index contributed by atoms with van der Waals surface area (Å²) in [5, 5.41) is 13.1. The summed E-state index contributed by atoms with van der Waals surface area (Å²) in [6, 6.07) is 7.37. The lowest BCUT2D eigenvalue weighted by atomic mass is 9.88. The van der Waals surface area contributed by atoms with Crippen molar-refractivity contribution in [3.63, 3.8) is 0 Å². The van der Waals surface area contributed by atoms with E-state index in [1.54, 1.807) is 6.07 Å². The molecule has 1 aromatic carbocycles. The van der Waals surface area contributed by atoms with Gasteiger partial charge in [-0.1, -0.05) is 42.4 Å². The van der Waals surface area contributed by atoms with Crippen molar-refractivity contribution >= 4 is 51.5 Å². The second-order valence-corrected chi connectivity index (χ2v) is 10.1. The number of nitrogens with two attached hydrogens (primary N) is 1. The zero-order valence-corrected chi connectivity index (χ0v) is 19.5. The molecule has 4 rings (SSSR count). The number of halogens is 1. The van der Waals surface area contributed by atoms with Gasteiger partial charge in [0.2, 0.25) is 5.91 Å². The van der Waals surface area contributed by atoms with Crippen LogP contribution in [-0.2, 0) is 24.7 Å². The molecule has 7 nitrogen and oxygen atoms in total. The Morgan fingerprint density at radius 3 is 2.94 bits per heavy atom. The van der Waals surface area contributed by atoms with Crippen LogP contribution in [0.25, 0.3) is 11.4 Å². The van der Waals surface area contributed by atoms with Gasteiger partial charge in [0.05, 0.1) is 11.3 Å². The van der Waals surface area contributed by atoms with E-state index in [9.17, 15) is 9.59 Å². The van der Waals surface area contributed by atoms with Crippen molar-refractivity contribution < 1.29 is 9.59 Å². The molecule has 1 aliphatic carbocycles. The van der Waals surface area contributed by atoms with Crippen LogP contribution in [0.4, 0.5) is 5.00 Å². The number of hydrogen-bond acceptors (Lipinski definition) is 6. The van der Waals surface area contributed by atoms with Gasteiger partial charge in [-0.3, -0.25) is 9.59 Å². The van der Waals surface area contributed by atoms with E-state index in [4.69, 9.17) is 17.3 Å². The molecule has 162 valence electrons. The Hall–Kier alpha value is -2.36. The van der Waals surface area contributed by atoms with Gasteiger partial charge in [0, 0.05) is 22.5 Å². The minimum absolute atomic E-state index is 0.138. The molecule has 0 saturated heterocycles. The number of primary amides is 1. The van der Waals surface area contributed by atoms with Crippen LogP contribution < -0.4 is 11.1 Å². The number of thioether (sulfide) groups is 1. The van der Waals surface area contributed by atoms with Gasteiger partial charge >= 0.3 is 0 Å². The number of fused-ring (bicyclic) bond motifs is 1. The SMILES string of the molecule is CC1CCc2c(sc(NC(=O)CSc3nnc(-c4cccc(Cl)c4)n3C)c2C(N)=O)C1. The lowest BCUT2D eigenvalue weighted by Crippen LogP contribution is -2.20. The largest absolute Gasteiger partial charge is 0.365 e. The second-order valence-electron chi connectivity index (χ2n) is 7.63. The monoisotopic (exact) mass is 475 g/mol. The number of nitrogens with zero attached hydrogens (tertiary/aromatic N) is 3. The van der Waals surface area contributed by atoms with Crippen LogP contribution in [0.3, 0.4) is 0 Å². The first kappa shape index (κ1) is 21.9. The van der Waals surface area contributed by atoms with E-state index in [1.807, 2.05) is 29.8 Å². The van der Waals surface area contributed by atoms with Gasteiger partial charge < -0.3 is 15.6 Å². The first-order chi connectivity index (χ1) is 14.8. The van der Waals surface area contributed by atoms with Crippen molar-refractivity contribution in [2.75, 3.05) is 11.1 Å². The third kappa shape index (κ3) is 4.63. The summed E-state index contributed by atoms with van der Waals surface area (Å²) in [7, 11) is 1.84. The average Bonchev–Trinajstić information content (AvgIpc) is 3.25. The quantitative estimate of drug-likeness (QED) is 0.521. The first-order valence-electron chi connectivity index (χ1n) is 9.85. The fraction of sp³-hybridized carbons (Fsp3) is 0.333. The molecule has 0 aliphatic heterocycles. The molecule has 3 N–H and O–H groups in total. The topological polar surface area (TPSA) is 103 Å². The number of nitrogens with one attached hydrogen (secondary N) is 1. The Balaban J connectivity index is 1.46. The molecule has 2 amide bonds. The first-order valence-corrected chi connectivity index (χ1v) is 12.0. The Morgan fingerprint density at radius 1 is 1.39 bits per heavy atom. The summed E-state index contributed by atoms with van der Waals surface area (Å²) < 4.78 is 1.82. The highest BCUT2D eigenvalue weighted by Gasteiger charge is 2.27. The summed E-state index contributed by atoms with van der Waals surface area (Å²) >= 11 is 8.81. The summed E-state index contributed by atoms with van der Waals surface area (Å²) in [4.78, 5) is 25.8. The zero-order valence-electron chi connectivity index (χ0n) is 17.1. The van der Waals surface area contributed by atoms with Crippen molar-refractivity contribution in [2.45, 2.75) is 31.3 Å². The van der Waals surface area contributed by atoms with Crippen LogP contribution in [0.1, 0.15) is 34.1 Å². The number of anilines is 1. The van der Waals surface area contributed by atoms with Crippen molar-refractivity contribution in [2.24, 2.45) is 18.7 Å². The lowest BCUT2D eigenvalue weighted by Gasteiger charge is -2.18. The summed E-state index contributed by atoms with van der Waals surface area (Å²) in [6.45, 7) is 2.19. The maximum Gasteiger partial charge on any atom is 0.251 e. The van der Waals surface area contributed by atoms with Gasteiger partial charge in [-0.15, -0.1) is 21.5 Å². The second kappa shape index (κ2) is 9.02. The number of hydrogen-bond donors (Lipinski definition) is 2. The molecule has 1 atom stereocenters. The highest BCUT2D eigenvalue weighted by atomic mass is 35.5. The van der Waals surface area contributed by atoms with Crippen LogP contribution in [0, 0.1) is 5.92 Å². The van der Waals surface area contributed by atoms with Gasteiger partial charge in [0.15, 0.2) is 11.0 Å². The lowest BCUT2D eigenvalue weighted by molar-refractivity contribution is -0.113. The molecule has 31 heavy (non-hydrogen) atoms. The molecule has 2 aromatic heterocycles. The van der Waals surface area contributed by atoms with Crippen molar-refractivity contribution in [3.8, 4) is 11.4 Å². The highest BCUT2D eigenvalue weighted by Crippen LogP contribution is 2.39. The molecule has 0 fully saturated rings. The molecule has 0 bridgehead atoms. The van der Waals surface area contributed by atoms with E-state index in [1.165, 1.54) is 23.1 Å². The molecular formula is C21H22ClN5O2S2. The number of carbonyl (C=O) groups excluding carboxylic acids is 2. The third-order valence-electron chi connectivity index (χ3n) is 5.26. The maximum absolute atomic E-state index is 12.6. The Morgan fingerprint density at radius 2 is 2.19 bits per heavy atom. The van der Waals surface area contributed by atoms with E-state index in [-0.39, 0.29) is 11.7 Å². The zero-order chi connectivity index (χ0) is 22.1. The number of carbonyl (C=O) groups is 2. The number of amides is 2. The van der Waals surface area contributed by atoms with Gasteiger partial charge in [-0.05, 0) is 42.9 Å². The molecule has 10 heteroatoms. The van der Waals surface area contributed by atoms with Crippen LogP contribution in [-0.4, -0.2) is 32.3 Å². The average molecular weight is 476 g/mol.